The van der Waals surface area contributed by atoms with Gasteiger partial charge in [-0.3, -0.25) is 28.8 Å². The molecule has 77 heavy (non-hydrogen) atoms. The van der Waals surface area contributed by atoms with Gasteiger partial charge in [-0.25, -0.2) is 9.79 Å². The third-order valence-electron chi connectivity index (χ3n) is 11.0. The molecule has 1 heterocycles. The number of carbonyl (C=O) groups is 7. The van der Waals surface area contributed by atoms with Crippen molar-refractivity contribution in [3.05, 3.63) is 70.3 Å². The zero-order chi connectivity index (χ0) is 56.5. The number of ether oxygens (including phenoxy) is 5. The second-order valence-corrected chi connectivity index (χ2v) is 18.1. The van der Waals surface area contributed by atoms with Gasteiger partial charge in [0.1, 0.15) is 36.1 Å². The van der Waals surface area contributed by atoms with Gasteiger partial charge in [0.15, 0.2) is 11.5 Å². The third kappa shape index (κ3) is 22.8. The Kier molecular flexibility index (Phi) is 29.7. The van der Waals surface area contributed by atoms with Crippen LogP contribution in [0, 0.1) is 24.7 Å². The van der Waals surface area contributed by atoms with E-state index in [0.717, 1.165) is 16.7 Å². The highest BCUT2D eigenvalue weighted by atomic mass is 32.2. The Labute approximate surface area is 455 Å². The average molecular weight is 1090 g/mol. The number of nitrogens with one attached hydrogen (secondary N) is 1. The minimum atomic E-state index is -0.694. The van der Waals surface area contributed by atoms with Gasteiger partial charge in [0.2, 0.25) is 35.4 Å². The number of phenols is 1. The molecule has 0 radical (unpaired) electrons. The number of phenolic OH excluding ortho intramolecular Hbond substituents is 1. The van der Waals surface area contributed by atoms with E-state index >= 15 is 0 Å². The van der Waals surface area contributed by atoms with Gasteiger partial charge in [-0.05, 0) is 62.1 Å². The quantitative estimate of drug-likeness (QED) is 0.0505. The minimum absolute atomic E-state index is 0.0354. The van der Waals surface area contributed by atoms with Crippen LogP contribution < -0.4 is 10.1 Å². The molecule has 22 heteroatoms. The maximum Gasteiger partial charge on any atom is 0.344 e. The van der Waals surface area contributed by atoms with Crippen molar-refractivity contribution >= 4 is 70.0 Å². The van der Waals surface area contributed by atoms with Crippen LogP contribution in [0.3, 0.4) is 0 Å². The lowest BCUT2D eigenvalue weighted by Crippen LogP contribution is -2.51. The molecule has 2 aromatic rings. The number of aliphatic hydroxyl groups is 1. The van der Waals surface area contributed by atoms with E-state index in [1.54, 1.807) is 37.3 Å². The topological polar surface area (TPSA) is 247 Å². The average Bonchev–Trinajstić information content (AvgIpc) is 3.70. The fourth-order valence-corrected chi connectivity index (χ4v) is 8.26. The molecule has 0 saturated carbocycles. The molecule has 0 fully saturated rings. The molecule has 21 nitrogen and oxygen atoms in total. The molecule has 418 valence electrons. The molecular weight excluding hydrogens is 1010 g/mol. The van der Waals surface area contributed by atoms with E-state index in [1.165, 1.54) is 32.6 Å². The number of aliphatic imine (C=N–C) groups is 1. The van der Waals surface area contributed by atoms with Gasteiger partial charge in [-0.15, -0.1) is 12.8 Å². The van der Waals surface area contributed by atoms with Crippen LogP contribution in [-0.2, 0) is 52.5 Å². The molecule has 1 aliphatic heterocycles. The molecule has 3 rings (SSSR count). The number of aromatic hydroxyl groups is 1. The van der Waals surface area contributed by atoms with Crippen LogP contribution in [0.25, 0.3) is 6.08 Å². The van der Waals surface area contributed by atoms with Crippen molar-refractivity contribution in [3.63, 3.8) is 0 Å². The zero-order valence-electron chi connectivity index (χ0n) is 44.8. The summed E-state index contributed by atoms with van der Waals surface area (Å²) in [5, 5.41) is 24.6. The lowest BCUT2D eigenvalue weighted by atomic mass is 10.1. The molecule has 0 atom stereocenters. The maximum atomic E-state index is 13.6. The van der Waals surface area contributed by atoms with Crippen LogP contribution >= 0.6 is 11.8 Å². The first-order valence-electron chi connectivity index (χ1n) is 25.4. The Morgan fingerprint density at radius 1 is 0.662 bits per heavy atom. The number of nitrogens with zero attached hydrogens (tertiary/aromatic N) is 6. The van der Waals surface area contributed by atoms with Gasteiger partial charge in [-0.2, -0.15) is 0 Å². The summed E-state index contributed by atoms with van der Waals surface area (Å²) in [6.45, 7) is 9.04. The smallest absolute Gasteiger partial charge is 0.344 e. The highest BCUT2D eigenvalue weighted by molar-refractivity contribution is 8.18. The highest BCUT2D eigenvalue weighted by Gasteiger charge is 2.34. The Morgan fingerprint density at radius 3 is 1.68 bits per heavy atom. The predicted octanol–water partition coefficient (Wildman–Crippen LogP) is 3.79. The van der Waals surface area contributed by atoms with E-state index in [0.29, 0.717) is 40.5 Å². The largest absolute Gasteiger partial charge is 0.506 e. The number of aliphatic hydroxyl groups excluding tert-OH is 1. The number of hydrogen-bond acceptors (Lipinski definition) is 16. The van der Waals surface area contributed by atoms with Gasteiger partial charge in [-0.1, -0.05) is 68.6 Å². The molecule has 0 spiro atoms. The van der Waals surface area contributed by atoms with Crippen molar-refractivity contribution in [2.24, 2.45) is 4.99 Å². The van der Waals surface area contributed by atoms with E-state index in [9.17, 15) is 43.8 Å². The number of rotatable bonds is 35. The summed E-state index contributed by atoms with van der Waals surface area (Å²) in [5.74, 6) is 1.02. The molecule has 1 aliphatic rings. The molecule has 0 bridgehead atoms. The molecule has 3 N–H and O–H groups in total. The SMILES string of the molecule is C#CCN(CC(=O)N(CCC)CC(=O)N(CCC)CC(=O)N(CCC)CC(=O)N(CC#C)CC(=O)NCCOCCOCCOCCOc1ccc(/C=C2\SC(=Nc3ccccc3)C(C(=O)OCC)=C2O)cc1O)C(C)=O. The van der Waals surface area contributed by atoms with E-state index in [-0.39, 0.29) is 154 Å². The summed E-state index contributed by atoms with van der Waals surface area (Å²) < 4.78 is 27.5. The number of hydrogen-bond donors (Lipinski definition) is 3. The lowest BCUT2D eigenvalue weighted by Gasteiger charge is -2.31. The first kappa shape index (κ1) is 63.9. The minimum Gasteiger partial charge on any atom is -0.506 e. The van der Waals surface area contributed by atoms with Crippen LogP contribution in [0.5, 0.6) is 11.5 Å². The van der Waals surface area contributed by atoms with Crippen molar-refractivity contribution in [2.45, 2.75) is 53.9 Å². The number of amides is 6. The van der Waals surface area contributed by atoms with Gasteiger partial charge in [0.25, 0.3) is 0 Å². The van der Waals surface area contributed by atoms with Crippen LogP contribution in [0.2, 0.25) is 0 Å². The predicted molar refractivity (Wildman–Crippen MR) is 292 cm³/mol. The molecule has 0 aromatic heterocycles. The molecule has 6 amide bonds. The summed E-state index contributed by atoms with van der Waals surface area (Å²) in [6.07, 6.45) is 14.1. The zero-order valence-corrected chi connectivity index (χ0v) is 45.6. The summed E-state index contributed by atoms with van der Waals surface area (Å²) in [5.41, 5.74) is 1.11. The van der Waals surface area contributed by atoms with Crippen LogP contribution in [0.4, 0.5) is 5.69 Å². The molecule has 0 aliphatic carbocycles. The Morgan fingerprint density at radius 2 is 1.17 bits per heavy atom. The lowest BCUT2D eigenvalue weighted by molar-refractivity contribution is -0.147. The van der Waals surface area contributed by atoms with Crippen molar-refractivity contribution in [1.29, 1.82) is 0 Å². The van der Waals surface area contributed by atoms with Crippen molar-refractivity contribution in [1.82, 2.24) is 29.8 Å². The summed E-state index contributed by atoms with van der Waals surface area (Å²) in [7, 11) is 0. The van der Waals surface area contributed by atoms with Crippen molar-refractivity contribution < 1.29 is 67.5 Å². The summed E-state index contributed by atoms with van der Waals surface area (Å²) in [4.78, 5) is 103. The van der Waals surface area contributed by atoms with E-state index in [4.69, 9.17) is 36.5 Å². The fraction of sp³-hybridized carbons (Fsp3) is 0.491. The van der Waals surface area contributed by atoms with Crippen LogP contribution in [0.15, 0.2) is 69.8 Å². The molecular formula is C55H73N7O14S. The third-order valence-corrected chi connectivity index (χ3v) is 12.0. The first-order valence-corrected chi connectivity index (χ1v) is 26.3. The Hall–Kier alpha value is -7.37. The van der Waals surface area contributed by atoms with Crippen LogP contribution in [0.1, 0.15) is 59.4 Å². The van der Waals surface area contributed by atoms with E-state index in [1.807, 2.05) is 39.0 Å². The van der Waals surface area contributed by atoms with Gasteiger partial charge < -0.3 is 63.7 Å². The second-order valence-electron chi connectivity index (χ2n) is 17.0. The van der Waals surface area contributed by atoms with E-state index < -0.39 is 35.5 Å². The number of esters is 1. The number of thioether (sulfide) groups is 1. The Balaban J connectivity index is 1.35. The number of terminal acetylenes is 2. The van der Waals surface area contributed by atoms with Gasteiger partial charge >= 0.3 is 5.97 Å². The molecule has 0 saturated heterocycles. The first-order chi connectivity index (χ1) is 37.1. The van der Waals surface area contributed by atoms with E-state index in [2.05, 4.69) is 22.2 Å². The van der Waals surface area contributed by atoms with Crippen molar-refractivity contribution in [3.8, 4) is 36.2 Å². The highest BCUT2D eigenvalue weighted by Crippen LogP contribution is 2.41. The monoisotopic (exact) mass is 1090 g/mol. The Bertz CT molecular complexity index is 2470. The summed E-state index contributed by atoms with van der Waals surface area (Å²) >= 11 is 1.11. The van der Waals surface area contributed by atoms with Crippen LogP contribution in [-0.4, -0.2) is 206 Å². The number of benzene rings is 2. The number of para-hydroxylation sites is 1. The van der Waals surface area contributed by atoms with Gasteiger partial charge in [0.05, 0.1) is 89.6 Å². The molecule has 2 aromatic carbocycles. The normalized spacial score (nSPS) is 12.9. The molecule has 0 unspecified atom stereocenters. The van der Waals surface area contributed by atoms with Crippen molar-refractivity contribution in [2.75, 3.05) is 125 Å². The second kappa shape index (κ2) is 35.8. The standard InChI is InChI=1S/C55H73N7O14S/c1-8-22-58(41(7)63)37-48(66)60(24-10-3)39-50(68)62(26-12-5)40-51(69)61(25-11-4)38-49(67)59(23-9-2)36-47(65)56-21-27-72-28-29-73-30-31-74-32-33-76-45-20-19-42(34-44(45)64)35-46-53(70)52(55(71)75-13-6)54(77-46)57-43-17-15-14-16-18-43/h1-2,14-20,34-35,64,70H,10-13,21-33,36-40H2,3-7H3,(H,56,65)/b46-35-,57-54?. The number of carbonyl (C=O) groups excluding carboxylic acids is 7. The maximum absolute atomic E-state index is 13.6. The fourth-order valence-electron chi connectivity index (χ4n) is 7.22. The summed E-state index contributed by atoms with van der Waals surface area (Å²) in [6, 6.07) is 13.8. The van der Waals surface area contributed by atoms with Gasteiger partial charge in [0, 0.05) is 33.1 Å².